The van der Waals surface area contributed by atoms with Gasteiger partial charge in [-0.1, -0.05) is 5.21 Å². The van der Waals surface area contributed by atoms with E-state index in [2.05, 4.69) is 20.7 Å². The molecular formula is C10H12N6O3. The Hall–Kier alpha value is -2.71. The Bertz CT molecular complexity index is 629. The van der Waals surface area contributed by atoms with Crippen molar-refractivity contribution in [3.05, 3.63) is 23.8 Å². The molecule has 0 aliphatic carbocycles. The van der Waals surface area contributed by atoms with Gasteiger partial charge in [0, 0.05) is 13.2 Å². The molecule has 0 aliphatic rings. The third kappa shape index (κ3) is 2.94. The van der Waals surface area contributed by atoms with E-state index in [4.69, 9.17) is 5.11 Å². The molecule has 0 spiro atoms. The first-order valence-corrected chi connectivity index (χ1v) is 5.39. The Morgan fingerprint density at radius 2 is 2.16 bits per heavy atom. The van der Waals surface area contributed by atoms with Crippen LogP contribution in [0.2, 0.25) is 0 Å². The number of rotatable bonds is 4. The number of nitrogens with zero attached hydrogens (tertiary/aromatic N) is 5. The molecule has 19 heavy (non-hydrogen) atoms. The topological polar surface area (TPSA) is 115 Å². The van der Waals surface area contributed by atoms with Crippen molar-refractivity contribution in [3.63, 3.8) is 0 Å². The van der Waals surface area contributed by atoms with Crippen LogP contribution in [0.4, 0.5) is 5.69 Å². The SMILES string of the molecule is Cc1nn(C)cc1NC(=O)c1cn(CC(=O)O)nn1. The van der Waals surface area contributed by atoms with Crippen LogP contribution in [0, 0.1) is 6.92 Å². The average molecular weight is 264 g/mol. The van der Waals surface area contributed by atoms with Gasteiger partial charge in [0.1, 0.15) is 6.54 Å². The lowest BCUT2D eigenvalue weighted by Crippen LogP contribution is -2.13. The summed E-state index contributed by atoms with van der Waals surface area (Å²) in [5.41, 5.74) is 1.29. The molecule has 0 saturated heterocycles. The van der Waals surface area contributed by atoms with Gasteiger partial charge in [0.05, 0.1) is 17.6 Å². The van der Waals surface area contributed by atoms with Gasteiger partial charge in [0.25, 0.3) is 5.91 Å². The fourth-order valence-corrected chi connectivity index (χ4v) is 1.53. The molecule has 0 fully saturated rings. The number of amides is 1. The summed E-state index contributed by atoms with van der Waals surface area (Å²) in [5.74, 6) is -1.52. The normalized spacial score (nSPS) is 10.4. The van der Waals surface area contributed by atoms with Crippen LogP contribution >= 0.6 is 0 Å². The fourth-order valence-electron chi connectivity index (χ4n) is 1.53. The van der Waals surface area contributed by atoms with Crippen molar-refractivity contribution < 1.29 is 14.7 Å². The van der Waals surface area contributed by atoms with Gasteiger partial charge in [0.15, 0.2) is 5.69 Å². The molecule has 0 aliphatic heterocycles. The monoisotopic (exact) mass is 264 g/mol. The van der Waals surface area contributed by atoms with Gasteiger partial charge in [-0.25, -0.2) is 4.68 Å². The number of carbonyl (C=O) groups is 2. The van der Waals surface area contributed by atoms with Crippen molar-refractivity contribution in [2.45, 2.75) is 13.5 Å². The molecule has 9 heteroatoms. The number of carboxylic acids is 1. The number of hydrogen-bond acceptors (Lipinski definition) is 5. The summed E-state index contributed by atoms with van der Waals surface area (Å²) in [6, 6.07) is 0. The van der Waals surface area contributed by atoms with Crippen molar-refractivity contribution in [3.8, 4) is 0 Å². The first-order valence-electron chi connectivity index (χ1n) is 5.39. The third-order valence-corrected chi connectivity index (χ3v) is 2.33. The van der Waals surface area contributed by atoms with Gasteiger partial charge < -0.3 is 10.4 Å². The van der Waals surface area contributed by atoms with Crippen LogP contribution in [0.15, 0.2) is 12.4 Å². The molecule has 1 amide bonds. The summed E-state index contributed by atoms with van der Waals surface area (Å²) >= 11 is 0. The Labute approximate surface area is 107 Å². The van der Waals surface area contributed by atoms with E-state index in [1.54, 1.807) is 24.9 Å². The zero-order valence-corrected chi connectivity index (χ0v) is 10.4. The van der Waals surface area contributed by atoms with Crippen molar-refractivity contribution in [1.82, 2.24) is 24.8 Å². The summed E-state index contributed by atoms with van der Waals surface area (Å²) in [7, 11) is 1.74. The van der Waals surface area contributed by atoms with Gasteiger partial charge in [-0.3, -0.25) is 14.3 Å². The van der Waals surface area contributed by atoms with Crippen molar-refractivity contribution in [2.24, 2.45) is 7.05 Å². The largest absolute Gasteiger partial charge is 0.480 e. The Balaban J connectivity index is 2.09. The highest BCUT2D eigenvalue weighted by Crippen LogP contribution is 2.12. The maximum atomic E-state index is 11.9. The summed E-state index contributed by atoms with van der Waals surface area (Å²) < 4.78 is 2.65. The van der Waals surface area contributed by atoms with Crippen molar-refractivity contribution in [2.75, 3.05) is 5.32 Å². The summed E-state index contributed by atoms with van der Waals surface area (Å²) in [4.78, 5) is 22.3. The minimum Gasteiger partial charge on any atom is -0.480 e. The zero-order valence-electron chi connectivity index (χ0n) is 10.4. The molecule has 2 aromatic heterocycles. The van der Waals surface area contributed by atoms with Gasteiger partial charge in [-0.15, -0.1) is 5.10 Å². The molecule has 0 atom stereocenters. The number of aliphatic carboxylic acids is 1. The van der Waals surface area contributed by atoms with E-state index in [0.717, 1.165) is 4.68 Å². The summed E-state index contributed by atoms with van der Waals surface area (Å²) in [6.07, 6.45) is 2.93. The number of carbonyl (C=O) groups excluding carboxylic acids is 1. The van der Waals surface area contributed by atoms with Gasteiger partial charge in [0.2, 0.25) is 0 Å². The Morgan fingerprint density at radius 3 is 2.74 bits per heavy atom. The molecule has 9 nitrogen and oxygen atoms in total. The highest BCUT2D eigenvalue weighted by atomic mass is 16.4. The lowest BCUT2D eigenvalue weighted by molar-refractivity contribution is -0.137. The molecule has 0 aromatic carbocycles. The Kier molecular flexibility index (Phi) is 3.27. The van der Waals surface area contributed by atoms with Crippen LogP contribution in [0.1, 0.15) is 16.2 Å². The second-order valence-corrected chi connectivity index (χ2v) is 3.95. The standard InChI is InChI=1S/C10H12N6O3/c1-6-7(3-15(2)13-6)11-10(19)8-4-16(14-12-8)5-9(17)18/h3-4H,5H2,1-2H3,(H,11,19)(H,17,18). The number of nitrogens with one attached hydrogen (secondary N) is 1. The molecule has 2 N–H and O–H groups in total. The van der Waals surface area contributed by atoms with E-state index in [-0.39, 0.29) is 12.2 Å². The van der Waals surface area contributed by atoms with E-state index in [0.29, 0.717) is 11.4 Å². The molecule has 2 heterocycles. The predicted octanol–water partition coefficient (Wildman–Crippen LogP) is -0.343. The second kappa shape index (κ2) is 4.88. The smallest absolute Gasteiger partial charge is 0.325 e. The third-order valence-electron chi connectivity index (χ3n) is 2.33. The number of anilines is 1. The van der Waals surface area contributed by atoms with E-state index >= 15 is 0 Å². The Morgan fingerprint density at radius 1 is 1.42 bits per heavy atom. The molecule has 0 radical (unpaired) electrons. The molecular weight excluding hydrogens is 252 g/mol. The van der Waals surface area contributed by atoms with E-state index in [1.165, 1.54) is 6.20 Å². The van der Waals surface area contributed by atoms with Crippen LogP contribution in [0.3, 0.4) is 0 Å². The van der Waals surface area contributed by atoms with E-state index in [9.17, 15) is 9.59 Å². The predicted molar refractivity (Wildman–Crippen MR) is 63.6 cm³/mol. The average Bonchev–Trinajstić information content (AvgIpc) is 2.86. The minimum atomic E-state index is -1.06. The molecule has 2 aromatic rings. The number of aromatic nitrogens is 5. The summed E-state index contributed by atoms with van der Waals surface area (Å²) in [5, 5.41) is 22.5. The zero-order chi connectivity index (χ0) is 14.0. The minimum absolute atomic E-state index is 0.0458. The quantitative estimate of drug-likeness (QED) is 0.780. The molecule has 0 saturated carbocycles. The molecule has 100 valence electrons. The van der Waals surface area contributed by atoms with Crippen molar-refractivity contribution >= 4 is 17.6 Å². The highest BCUT2D eigenvalue weighted by molar-refractivity contribution is 6.02. The second-order valence-electron chi connectivity index (χ2n) is 3.95. The lowest BCUT2D eigenvalue weighted by Gasteiger charge is -1.99. The summed E-state index contributed by atoms with van der Waals surface area (Å²) in [6.45, 7) is 1.42. The van der Waals surface area contributed by atoms with Gasteiger partial charge in [-0.05, 0) is 6.92 Å². The first kappa shape index (κ1) is 12.7. The van der Waals surface area contributed by atoms with Crippen LogP contribution in [0.25, 0.3) is 0 Å². The highest BCUT2D eigenvalue weighted by Gasteiger charge is 2.14. The van der Waals surface area contributed by atoms with E-state index in [1.807, 2.05) is 0 Å². The van der Waals surface area contributed by atoms with E-state index < -0.39 is 11.9 Å². The number of hydrogen-bond donors (Lipinski definition) is 2. The van der Waals surface area contributed by atoms with Crippen LogP contribution < -0.4 is 5.32 Å². The number of aryl methyl sites for hydroxylation is 2. The van der Waals surface area contributed by atoms with Gasteiger partial charge >= 0.3 is 5.97 Å². The van der Waals surface area contributed by atoms with Gasteiger partial charge in [-0.2, -0.15) is 5.10 Å². The molecule has 0 bridgehead atoms. The van der Waals surface area contributed by atoms with Crippen LogP contribution in [0.5, 0.6) is 0 Å². The lowest BCUT2D eigenvalue weighted by atomic mass is 10.3. The maximum absolute atomic E-state index is 11.9. The molecule has 2 rings (SSSR count). The van der Waals surface area contributed by atoms with Crippen molar-refractivity contribution in [1.29, 1.82) is 0 Å². The maximum Gasteiger partial charge on any atom is 0.325 e. The first-order chi connectivity index (χ1) is 8.95. The fraction of sp³-hybridized carbons (Fsp3) is 0.300. The number of carboxylic acid groups (broad SMARTS) is 1. The van der Waals surface area contributed by atoms with Crippen LogP contribution in [-0.2, 0) is 18.4 Å². The molecule has 0 unspecified atom stereocenters. The van der Waals surface area contributed by atoms with Crippen LogP contribution in [-0.4, -0.2) is 41.8 Å².